The van der Waals surface area contributed by atoms with Crippen molar-refractivity contribution < 1.29 is 9.18 Å². The van der Waals surface area contributed by atoms with Crippen molar-refractivity contribution in [2.75, 3.05) is 19.6 Å². The van der Waals surface area contributed by atoms with Crippen molar-refractivity contribution in [3.8, 4) is 0 Å². The number of halogens is 1. The summed E-state index contributed by atoms with van der Waals surface area (Å²) in [7, 11) is 0. The van der Waals surface area contributed by atoms with Crippen molar-refractivity contribution in [3.63, 3.8) is 0 Å². The van der Waals surface area contributed by atoms with Gasteiger partial charge in [0.1, 0.15) is 6.17 Å². The molecule has 2 rings (SSSR count). The fraction of sp³-hybridized carbons (Fsp3) is 0.923. The zero-order valence-corrected chi connectivity index (χ0v) is 10.5. The summed E-state index contributed by atoms with van der Waals surface area (Å²) >= 11 is 0. The van der Waals surface area contributed by atoms with E-state index >= 15 is 0 Å². The summed E-state index contributed by atoms with van der Waals surface area (Å²) in [6, 6.07) is 0.363. The van der Waals surface area contributed by atoms with E-state index in [2.05, 4.69) is 5.32 Å². The number of nitrogens with one attached hydrogen (secondary N) is 1. The summed E-state index contributed by atoms with van der Waals surface area (Å²) < 4.78 is 13.2. The predicted molar refractivity (Wildman–Crippen MR) is 65.6 cm³/mol. The number of likely N-dealkylation sites (tertiary alicyclic amines) is 1. The van der Waals surface area contributed by atoms with Crippen LogP contribution in [0.4, 0.5) is 4.39 Å². The zero-order valence-electron chi connectivity index (χ0n) is 10.5. The first-order valence-electron chi connectivity index (χ1n) is 6.90. The van der Waals surface area contributed by atoms with Gasteiger partial charge in [0.15, 0.2) is 0 Å². The van der Waals surface area contributed by atoms with E-state index in [0.717, 1.165) is 25.8 Å². The SMILES string of the molecule is O=C(CN1CCCC(F)C1)NC1CCCCC1. The first kappa shape index (κ1) is 12.8. The molecule has 1 N–H and O–H groups in total. The van der Waals surface area contributed by atoms with Crippen molar-refractivity contribution in [2.45, 2.75) is 57.2 Å². The molecular formula is C13H23FN2O. The zero-order chi connectivity index (χ0) is 12.1. The maximum atomic E-state index is 13.2. The smallest absolute Gasteiger partial charge is 0.234 e. The molecule has 2 fully saturated rings. The van der Waals surface area contributed by atoms with Gasteiger partial charge in [-0.2, -0.15) is 0 Å². The van der Waals surface area contributed by atoms with Gasteiger partial charge in [-0.15, -0.1) is 0 Å². The highest BCUT2D eigenvalue weighted by atomic mass is 19.1. The molecule has 1 saturated carbocycles. The maximum Gasteiger partial charge on any atom is 0.234 e. The summed E-state index contributed by atoms with van der Waals surface area (Å²) in [5.74, 6) is 0.0750. The van der Waals surface area contributed by atoms with Crippen LogP contribution in [0, 0.1) is 0 Å². The van der Waals surface area contributed by atoms with E-state index in [9.17, 15) is 9.18 Å². The summed E-state index contributed by atoms with van der Waals surface area (Å²) in [6.45, 7) is 1.66. The number of nitrogens with zero attached hydrogens (tertiary/aromatic N) is 1. The van der Waals surface area contributed by atoms with E-state index in [1.54, 1.807) is 0 Å². The lowest BCUT2D eigenvalue weighted by Crippen LogP contribution is -2.46. The molecule has 1 aliphatic carbocycles. The van der Waals surface area contributed by atoms with E-state index in [1.165, 1.54) is 19.3 Å². The van der Waals surface area contributed by atoms with Crippen LogP contribution in [0.5, 0.6) is 0 Å². The molecule has 4 heteroatoms. The molecule has 2 aliphatic rings. The van der Waals surface area contributed by atoms with Crippen LogP contribution in [0.2, 0.25) is 0 Å². The maximum absolute atomic E-state index is 13.2. The largest absolute Gasteiger partial charge is 0.352 e. The summed E-state index contributed by atoms with van der Waals surface area (Å²) in [5.41, 5.74) is 0. The molecule has 1 saturated heterocycles. The van der Waals surface area contributed by atoms with E-state index < -0.39 is 6.17 Å². The molecule has 17 heavy (non-hydrogen) atoms. The Kier molecular flexibility index (Phi) is 4.77. The third-order valence-electron chi connectivity index (χ3n) is 3.79. The van der Waals surface area contributed by atoms with Gasteiger partial charge in [-0.3, -0.25) is 9.69 Å². The Morgan fingerprint density at radius 2 is 1.94 bits per heavy atom. The van der Waals surface area contributed by atoms with E-state index in [-0.39, 0.29) is 5.91 Å². The normalized spacial score (nSPS) is 27.9. The van der Waals surface area contributed by atoms with E-state index in [1.807, 2.05) is 4.90 Å². The topological polar surface area (TPSA) is 32.3 Å². The fourth-order valence-electron chi connectivity index (χ4n) is 2.87. The first-order chi connectivity index (χ1) is 8.24. The van der Waals surface area contributed by atoms with Gasteiger partial charge in [-0.05, 0) is 32.2 Å². The quantitative estimate of drug-likeness (QED) is 0.819. The van der Waals surface area contributed by atoms with Crippen molar-refractivity contribution in [3.05, 3.63) is 0 Å². The number of hydrogen-bond acceptors (Lipinski definition) is 2. The van der Waals surface area contributed by atoms with Crippen LogP contribution >= 0.6 is 0 Å². The van der Waals surface area contributed by atoms with Crippen molar-refractivity contribution in [1.82, 2.24) is 10.2 Å². The monoisotopic (exact) mass is 242 g/mol. The van der Waals surface area contributed by atoms with Crippen LogP contribution in [-0.4, -0.2) is 42.7 Å². The minimum Gasteiger partial charge on any atom is -0.352 e. The molecule has 1 amide bonds. The summed E-state index contributed by atoms with van der Waals surface area (Å²) in [4.78, 5) is 13.7. The molecule has 1 heterocycles. The third-order valence-corrected chi connectivity index (χ3v) is 3.79. The molecule has 0 radical (unpaired) electrons. The molecule has 0 aromatic rings. The minimum atomic E-state index is -0.744. The molecular weight excluding hydrogens is 219 g/mol. The highest BCUT2D eigenvalue weighted by Crippen LogP contribution is 2.17. The Labute approximate surface area is 103 Å². The molecule has 1 unspecified atom stereocenters. The number of hydrogen-bond donors (Lipinski definition) is 1. The van der Waals surface area contributed by atoms with Crippen LogP contribution in [0.3, 0.4) is 0 Å². The number of amides is 1. The second-order valence-electron chi connectivity index (χ2n) is 5.38. The van der Waals surface area contributed by atoms with Crippen LogP contribution in [-0.2, 0) is 4.79 Å². The number of carbonyl (C=O) groups excluding carboxylic acids is 1. The van der Waals surface area contributed by atoms with Crippen molar-refractivity contribution >= 4 is 5.91 Å². The van der Waals surface area contributed by atoms with Crippen molar-refractivity contribution in [2.24, 2.45) is 0 Å². The number of rotatable bonds is 3. The Bertz CT molecular complexity index is 254. The highest BCUT2D eigenvalue weighted by Gasteiger charge is 2.22. The van der Waals surface area contributed by atoms with Crippen LogP contribution in [0.25, 0.3) is 0 Å². The van der Waals surface area contributed by atoms with Gasteiger partial charge in [0, 0.05) is 12.6 Å². The van der Waals surface area contributed by atoms with Gasteiger partial charge in [0.2, 0.25) is 5.91 Å². The molecule has 3 nitrogen and oxygen atoms in total. The molecule has 0 aromatic heterocycles. The third kappa shape index (κ3) is 4.26. The Morgan fingerprint density at radius 1 is 1.18 bits per heavy atom. The first-order valence-corrected chi connectivity index (χ1v) is 6.90. The van der Waals surface area contributed by atoms with Crippen LogP contribution in [0.1, 0.15) is 44.9 Å². The second kappa shape index (κ2) is 6.34. The molecule has 1 aliphatic heterocycles. The van der Waals surface area contributed by atoms with Gasteiger partial charge in [0.05, 0.1) is 6.54 Å². The number of alkyl halides is 1. The molecule has 0 spiro atoms. The van der Waals surface area contributed by atoms with Crippen LogP contribution < -0.4 is 5.32 Å². The fourth-order valence-corrected chi connectivity index (χ4v) is 2.87. The van der Waals surface area contributed by atoms with Gasteiger partial charge in [-0.1, -0.05) is 19.3 Å². The summed E-state index contributed by atoms with van der Waals surface area (Å²) in [6.07, 6.45) is 6.74. The average molecular weight is 242 g/mol. The Hall–Kier alpha value is -0.640. The van der Waals surface area contributed by atoms with E-state index in [0.29, 0.717) is 25.6 Å². The van der Waals surface area contributed by atoms with Gasteiger partial charge in [-0.25, -0.2) is 4.39 Å². The highest BCUT2D eigenvalue weighted by molar-refractivity contribution is 5.78. The summed E-state index contributed by atoms with van der Waals surface area (Å²) in [5, 5.41) is 3.08. The minimum absolute atomic E-state index is 0.0750. The lowest BCUT2D eigenvalue weighted by molar-refractivity contribution is -0.123. The predicted octanol–water partition coefficient (Wildman–Crippen LogP) is 1.87. The standard InChI is InChI=1S/C13H23FN2O/c14-11-5-4-8-16(9-11)10-13(17)15-12-6-2-1-3-7-12/h11-12H,1-10H2,(H,15,17). The second-order valence-corrected chi connectivity index (χ2v) is 5.38. The molecule has 1 atom stereocenters. The van der Waals surface area contributed by atoms with E-state index in [4.69, 9.17) is 0 Å². The lowest BCUT2D eigenvalue weighted by Gasteiger charge is -2.29. The van der Waals surface area contributed by atoms with Crippen molar-refractivity contribution in [1.29, 1.82) is 0 Å². The number of piperidine rings is 1. The lowest BCUT2D eigenvalue weighted by atomic mass is 9.95. The Balaban J connectivity index is 1.68. The molecule has 98 valence electrons. The Morgan fingerprint density at radius 3 is 2.65 bits per heavy atom. The molecule has 0 bridgehead atoms. The average Bonchev–Trinajstić information content (AvgIpc) is 2.30. The van der Waals surface area contributed by atoms with Gasteiger partial charge < -0.3 is 5.32 Å². The number of carbonyl (C=O) groups is 1. The van der Waals surface area contributed by atoms with Gasteiger partial charge >= 0.3 is 0 Å². The molecule has 0 aromatic carbocycles. The van der Waals surface area contributed by atoms with Gasteiger partial charge in [0.25, 0.3) is 0 Å². The van der Waals surface area contributed by atoms with Crippen LogP contribution in [0.15, 0.2) is 0 Å².